The summed E-state index contributed by atoms with van der Waals surface area (Å²) in [7, 11) is 0. The molecule has 1 fully saturated rings. The van der Waals surface area contributed by atoms with E-state index in [1.54, 1.807) is 0 Å². The lowest BCUT2D eigenvalue weighted by atomic mass is 9.83. The SMILES string of the molecule is CCCCCCC1CC=C(c2ccc(C(=O)O[C@H]3CC[C@H](CCC)CC3)cc2)CC1. The van der Waals surface area contributed by atoms with Crippen LogP contribution in [-0.2, 0) is 4.74 Å². The molecule has 3 rings (SSSR count). The van der Waals surface area contributed by atoms with E-state index in [1.807, 2.05) is 12.1 Å². The van der Waals surface area contributed by atoms with Crippen LogP contribution < -0.4 is 0 Å². The van der Waals surface area contributed by atoms with Crippen molar-refractivity contribution < 1.29 is 9.53 Å². The first-order chi connectivity index (χ1) is 14.7. The first-order valence-electron chi connectivity index (χ1n) is 12.7. The van der Waals surface area contributed by atoms with E-state index in [4.69, 9.17) is 4.74 Å². The van der Waals surface area contributed by atoms with Crippen LogP contribution in [0.1, 0.15) is 120 Å². The highest BCUT2D eigenvalue weighted by molar-refractivity contribution is 5.90. The van der Waals surface area contributed by atoms with Crippen LogP contribution in [0.4, 0.5) is 0 Å². The molecule has 0 aliphatic heterocycles. The number of unbranched alkanes of at least 4 members (excludes halogenated alkanes) is 3. The molecule has 0 N–H and O–H groups in total. The maximum atomic E-state index is 12.6. The molecule has 0 amide bonds. The number of benzene rings is 1. The Morgan fingerprint density at radius 1 is 0.867 bits per heavy atom. The minimum Gasteiger partial charge on any atom is -0.459 e. The summed E-state index contributed by atoms with van der Waals surface area (Å²) in [5.74, 6) is 1.56. The van der Waals surface area contributed by atoms with Crippen LogP contribution in [0.15, 0.2) is 30.3 Å². The van der Waals surface area contributed by atoms with Crippen LogP contribution in [0.3, 0.4) is 0 Å². The van der Waals surface area contributed by atoms with Crippen LogP contribution in [0.5, 0.6) is 0 Å². The van der Waals surface area contributed by atoms with Crippen LogP contribution in [0.25, 0.3) is 5.57 Å². The van der Waals surface area contributed by atoms with Gasteiger partial charge in [0, 0.05) is 0 Å². The second-order valence-electron chi connectivity index (χ2n) is 9.63. The summed E-state index contributed by atoms with van der Waals surface area (Å²) >= 11 is 0. The smallest absolute Gasteiger partial charge is 0.338 e. The zero-order chi connectivity index (χ0) is 21.2. The molecular weight excluding hydrogens is 368 g/mol. The first-order valence-corrected chi connectivity index (χ1v) is 12.7. The molecule has 1 aromatic rings. The van der Waals surface area contributed by atoms with Crippen LogP contribution >= 0.6 is 0 Å². The van der Waals surface area contributed by atoms with Crippen molar-refractivity contribution in [3.05, 3.63) is 41.5 Å². The second kappa shape index (κ2) is 12.3. The van der Waals surface area contributed by atoms with Crippen molar-refractivity contribution in [3.63, 3.8) is 0 Å². The van der Waals surface area contributed by atoms with Crippen molar-refractivity contribution in [1.82, 2.24) is 0 Å². The predicted molar refractivity (Wildman–Crippen MR) is 127 cm³/mol. The van der Waals surface area contributed by atoms with E-state index in [-0.39, 0.29) is 12.1 Å². The fourth-order valence-corrected chi connectivity index (χ4v) is 5.26. The van der Waals surface area contributed by atoms with Crippen molar-refractivity contribution >= 4 is 11.5 Å². The minimum absolute atomic E-state index is 0.112. The van der Waals surface area contributed by atoms with E-state index >= 15 is 0 Å². The average Bonchev–Trinajstić information content (AvgIpc) is 2.79. The van der Waals surface area contributed by atoms with Gasteiger partial charge >= 0.3 is 5.97 Å². The molecular formula is C28H42O2. The third-order valence-electron chi connectivity index (χ3n) is 7.24. The first kappa shape index (κ1) is 23.1. The van der Waals surface area contributed by atoms with Gasteiger partial charge in [-0.2, -0.15) is 0 Å². The Balaban J connectivity index is 1.44. The lowest BCUT2D eigenvalue weighted by molar-refractivity contribution is 0.0161. The van der Waals surface area contributed by atoms with E-state index in [0.717, 1.165) is 24.7 Å². The quantitative estimate of drug-likeness (QED) is 0.286. The van der Waals surface area contributed by atoms with E-state index in [1.165, 1.54) is 88.2 Å². The zero-order valence-electron chi connectivity index (χ0n) is 19.3. The van der Waals surface area contributed by atoms with Crippen LogP contribution in [-0.4, -0.2) is 12.1 Å². The Hall–Kier alpha value is -1.57. The molecule has 0 radical (unpaired) electrons. The largest absolute Gasteiger partial charge is 0.459 e. The van der Waals surface area contributed by atoms with E-state index in [2.05, 4.69) is 32.1 Å². The number of carbonyl (C=O) groups excluding carboxylic acids is 1. The number of carbonyl (C=O) groups is 1. The maximum absolute atomic E-state index is 12.6. The third kappa shape index (κ3) is 7.00. The molecule has 166 valence electrons. The lowest BCUT2D eigenvalue weighted by Gasteiger charge is -2.28. The van der Waals surface area contributed by atoms with Crippen molar-refractivity contribution in [1.29, 1.82) is 0 Å². The fourth-order valence-electron chi connectivity index (χ4n) is 5.26. The van der Waals surface area contributed by atoms with Gasteiger partial charge in [0.25, 0.3) is 0 Å². The molecule has 0 bridgehead atoms. The van der Waals surface area contributed by atoms with E-state index < -0.39 is 0 Å². The Morgan fingerprint density at radius 3 is 2.27 bits per heavy atom. The van der Waals surface area contributed by atoms with Crippen molar-refractivity contribution in [2.75, 3.05) is 0 Å². The molecule has 30 heavy (non-hydrogen) atoms. The molecule has 2 heteroatoms. The highest BCUT2D eigenvalue weighted by Gasteiger charge is 2.24. The predicted octanol–water partition coefficient (Wildman–Crippen LogP) is 8.36. The molecule has 2 aliphatic rings. The highest BCUT2D eigenvalue weighted by atomic mass is 16.5. The standard InChI is InChI=1S/C28H42O2/c1-3-5-6-7-9-23-10-14-24(15-11-23)25-16-18-26(19-17-25)28(29)30-27-20-12-22(8-4-2)13-21-27/h14,16-19,22-23,27H,3-13,15,20-21H2,1-2H3/t22-,23?,27-. The molecule has 1 aromatic carbocycles. The second-order valence-corrected chi connectivity index (χ2v) is 9.63. The van der Waals surface area contributed by atoms with Gasteiger partial charge in [-0.15, -0.1) is 0 Å². The number of allylic oxidation sites excluding steroid dienone is 2. The summed E-state index contributed by atoms with van der Waals surface area (Å²) in [6.07, 6.45) is 20.2. The molecule has 0 saturated heterocycles. The number of esters is 1. The van der Waals surface area contributed by atoms with Crippen LogP contribution in [0.2, 0.25) is 0 Å². The summed E-state index contributed by atoms with van der Waals surface area (Å²) in [6, 6.07) is 8.14. The molecule has 0 heterocycles. The lowest BCUT2D eigenvalue weighted by Crippen LogP contribution is -2.24. The van der Waals surface area contributed by atoms with Gasteiger partial charge in [-0.25, -0.2) is 4.79 Å². The Morgan fingerprint density at radius 2 is 1.63 bits per heavy atom. The monoisotopic (exact) mass is 410 g/mol. The van der Waals surface area contributed by atoms with Crippen molar-refractivity contribution in [2.45, 2.75) is 110 Å². The van der Waals surface area contributed by atoms with Gasteiger partial charge in [-0.05, 0) is 80.1 Å². The Bertz CT molecular complexity index is 664. The van der Waals surface area contributed by atoms with E-state index in [9.17, 15) is 4.79 Å². The molecule has 1 saturated carbocycles. The maximum Gasteiger partial charge on any atom is 0.338 e. The Kier molecular flexibility index (Phi) is 9.49. The number of hydrogen-bond acceptors (Lipinski definition) is 2. The molecule has 0 aromatic heterocycles. The van der Waals surface area contributed by atoms with Gasteiger partial charge in [-0.3, -0.25) is 0 Å². The topological polar surface area (TPSA) is 26.3 Å². The van der Waals surface area contributed by atoms with Gasteiger partial charge in [0.1, 0.15) is 6.10 Å². The summed E-state index contributed by atoms with van der Waals surface area (Å²) in [4.78, 5) is 12.6. The Labute approximate surface area is 184 Å². The number of ether oxygens (including phenoxy) is 1. The fraction of sp³-hybridized carbons (Fsp3) is 0.679. The van der Waals surface area contributed by atoms with Gasteiger partial charge in [-0.1, -0.05) is 77.0 Å². The van der Waals surface area contributed by atoms with Gasteiger partial charge in [0.2, 0.25) is 0 Å². The van der Waals surface area contributed by atoms with E-state index in [0.29, 0.717) is 5.56 Å². The molecule has 1 unspecified atom stereocenters. The van der Waals surface area contributed by atoms with Crippen LogP contribution in [0, 0.1) is 11.8 Å². The summed E-state index contributed by atoms with van der Waals surface area (Å²) in [5, 5.41) is 0. The number of hydrogen-bond donors (Lipinski definition) is 0. The average molecular weight is 411 g/mol. The molecule has 2 nitrogen and oxygen atoms in total. The summed E-state index contributed by atoms with van der Waals surface area (Å²) < 4.78 is 5.80. The normalized spacial score (nSPS) is 24.3. The van der Waals surface area contributed by atoms with Gasteiger partial charge in [0.05, 0.1) is 5.56 Å². The van der Waals surface area contributed by atoms with Crippen molar-refractivity contribution in [2.24, 2.45) is 11.8 Å². The van der Waals surface area contributed by atoms with Gasteiger partial charge < -0.3 is 4.74 Å². The summed E-state index contributed by atoms with van der Waals surface area (Å²) in [6.45, 7) is 4.53. The molecule has 2 aliphatic carbocycles. The summed E-state index contributed by atoms with van der Waals surface area (Å²) in [5.41, 5.74) is 3.42. The van der Waals surface area contributed by atoms with Crippen molar-refractivity contribution in [3.8, 4) is 0 Å². The third-order valence-corrected chi connectivity index (χ3v) is 7.24. The highest BCUT2D eigenvalue weighted by Crippen LogP contribution is 2.33. The minimum atomic E-state index is -0.148. The molecule has 1 atom stereocenters. The zero-order valence-corrected chi connectivity index (χ0v) is 19.3. The van der Waals surface area contributed by atoms with Gasteiger partial charge in [0.15, 0.2) is 0 Å². The number of rotatable bonds is 10. The molecule has 0 spiro atoms.